The molecule has 0 atom stereocenters. The first-order valence-electron chi connectivity index (χ1n) is 5.31. The third-order valence-electron chi connectivity index (χ3n) is 2.40. The van der Waals surface area contributed by atoms with E-state index in [1.54, 1.807) is 24.0 Å². The van der Waals surface area contributed by atoms with E-state index < -0.39 is 0 Å². The highest BCUT2D eigenvalue weighted by atomic mass is 35.5. The van der Waals surface area contributed by atoms with Crippen LogP contribution in [-0.4, -0.2) is 20.8 Å². The lowest BCUT2D eigenvalue weighted by Gasteiger charge is -2.05. The Hall–Kier alpha value is -2.01. The van der Waals surface area contributed by atoms with Gasteiger partial charge in [-0.15, -0.1) is 0 Å². The van der Waals surface area contributed by atoms with Crippen LogP contribution in [0.3, 0.4) is 0 Å². The lowest BCUT2D eigenvalue weighted by molar-refractivity contribution is 0.0947. The number of benzene rings is 1. The van der Waals surface area contributed by atoms with Crippen LogP contribution in [0.1, 0.15) is 16.1 Å². The summed E-state index contributed by atoms with van der Waals surface area (Å²) in [7, 11) is 1.80. The normalized spacial score (nSPS) is 10.3. The Morgan fingerprint density at radius 2 is 2.28 bits per heavy atom. The van der Waals surface area contributed by atoms with Crippen molar-refractivity contribution < 1.29 is 9.90 Å². The summed E-state index contributed by atoms with van der Waals surface area (Å²) in [6, 6.07) is 6.13. The van der Waals surface area contributed by atoms with Crippen LogP contribution >= 0.6 is 11.6 Å². The maximum absolute atomic E-state index is 11.8. The van der Waals surface area contributed by atoms with Crippen molar-refractivity contribution in [3.63, 3.8) is 0 Å². The lowest BCUT2D eigenvalue weighted by atomic mass is 10.2. The van der Waals surface area contributed by atoms with E-state index in [1.165, 1.54) is 18.2 Å². The van der Waals surface area contributed by atoms with Crippen LogP contribution in [0.5, 0.6) is 5.75 Å². The van der Waals surface area contributed by atoms with Gasteiger partial charge in [-0.25, -0.2) is 0 Å². The van der Waals surface area contributed by atoms with Crippen LogP contribution in [0.4, 0.5) is 0 Å². The number of amides is 1. The Bertz CT molecular complexity index is 580. The summed E-state index contributed by atoms with van der Waals surface area (Å²) in [5, 5.41) is 16.8. The zero-order valence-corrected chi connectivity index (χ0v) is 10.5. The number of aryl methyl sites for hydroxylation is 1. The van der Waals surface area contributed by atoms with Gasteiger partial charge in [-0.3, -0.25) is 9.48 Å². The molecule has 0 unspecified atom stereocenters. The van der Waals surface area contributed by atoms with E-state index in [1.807, 2.05) is 0 Å². The van der Waals surface area contributed by atoms with Gasteiger partial charge in [0.15, 0.2) is 0 Å². The average molecular weight is 266 g/mol. The number of rotatable bonds is 3. The molecule has 1 aromatic heterocycles. The number of phenols is 1. The third kappa shape index (κ3) is 2.81. The number of carbonyl (C=O) groups is 1. The molecule has 0 aliphatic heterocycles. The maximum Gasteiger partial charge on any atom is 0.255 e. The van der Waals surface area contributed by atoms with Gasteiger partial charge in [0.05, 0.1) is 17.8 Å². The zero-order chi connectivity index (χ0) is 13.1. The van der Waals surface area contributed by atoms with Gasteiger partial charge in [-0.05, 0) is 24.3 Å². The van der Waals surface area contributed by atoms with Crippen LogP contribution in [-0.2, 0) is 13.6 Å². The molecule has 0 spiro atoms. The van der Waals surface area contributed by atoms with E-state index in [4.69, 9.17) is 11.6 Å². The number of hydrogen-bond acceptors (Lipinski definition) is 3. The monoisotopic (exact) mass is 265 g/mol. The molecule has 0 radical (unpaired) electrons. The summed E-state index contributed by atoms with van der Waals surface area (Å²) >= 11 is 5.77. The Labute approximate surface area is 109 Å². The average Bonchev–Trinajstić information content (AvgIpc) is 2.75. The van der Waals surface area contributed by atoms with Crippen LogP contribution < -0.4 is 5.32 Å². The molecule has 2 aromatic rings. The van der Waals surface area contributed by atoms with Crippen molar-refractivity contribution >= 4 is 17.5 Å². The Morgan fingerprint density at radius 1 is 1.50 bits per heavy atom. The van der Waals surface area contributed by atoms with E-state index in [-0.39, 0.29) is 17.2 Å². The maximum atomic E-state index is 11.8. The number of hydrogen-bond donors (Lipinski definition) is 2. The highest BCUT2D eigenvalue weighted by molar-refractivity contribution is 6.31. The fourth-order valence-corrected chi connectivity index (χ4v) is 1.69. The number of carbonyl (C=O) groups excluding carboxylic acids is 1. The van der Waals surface area contributed by atoms with Crippen molar-refractivity contribution in [2.45, 2.75) is 6.54 Å². The van der Waals surface area contributed by atoms with Gasteiger partial charge in [0, 0.05) is 18.3 Å². The molecular formula is C12H12ClN3O2. The predicted octanol–water partition coefficient (Wildman–Crippen LogP) is 1.71. The number of aromatic nitrogens is 2. The summed E-state index contributed by atoms with van der Waals surface area (Å²) in [4.78, 5) is 11.8. The fraction of sp³-hybridized carbons (Fsp3) is 0.167. The molecule has 2 N–H and O–H groups in total. The number of aromatic hydroxyl groups is 1. The standard InChI is InChI=1S/C12H12ClN3O2/c1-16-5-4-9(15-16)7-14-12(18)10-6-8(13)2-3-11(10)17/h2-6,17H,7H2,1H3,(H,14,18). The first-order valence-corrected chi connectivity index (χ1v) is 5.69. The first kappa shape index (κ1) is 12.4. The van der Waals surface area contributed by atoms with Crippen molar-refractivity contribution in [1.29, 1.82) is 0 Å². The van der Waals surface area contributed by atoms with Gasteiger partial charge in [-0.1, -0.05) is 11.6 Å². The molecule has 0 saturated carbocycles. The van der Waals surface area contributed by atoms with E-state index in [0.29, 0.717) is 11.6 Å². The molecular weight excluding hydrogens is 254 g/mol. The first-order chi connectivity index (χ1) is 8.56. The van der Waals surface area contributed by atoms with E-state index in [2.05, 4.69) is 10.4 Å². The number of nitrogens with zero attached hydrogens (tertiary/aromatic N) is 2. The predicted molar refractivity (Wildman–Crippen MR) is 67.5 cm³/mol. The van der Waals surface area contributed by atoms with Crippen molar-refractivity contribution in [2.75, 3.05) is 0 Å². The summed E-state index contributed by atoms with van der Waals surface area (Å²) in [5.41, 5.74) is 0.894. The van der Waals surface area contributed by atoms with Crippen molar-refractivity contribution in [3.05, 3.63) is 46.7 Å². The highest BCUT2D eigenvalue weighted by Gasteiger charge is 2.11. The summed E-state index contributed by atoms with van der Waals surface area (Å²) in [6.07, 6.45) is 1.79. The van der Waals surface area contributed by atoms with Gasteiger partial charge >= 0.3 is 0 Å². The third-order valence-corrected chi connectivity index (χ3v) is 2.64. The molecule has 0 saturated heterocycles. The van der Waals surface area contributed by atoms with Crippen LogP contribution in [0.2, 0.25) is 5.02 Å². The second-order valence-corrected chi connectivity index (χ2v) is 4.26. The van der Waals surface area contributed by atoms with Crippen LogP contribution in [0.25, 0.3) is 0 Å². The number of nitrogens with one attached hydrogen (secondary N) is 1. The van der Waals surface area contributed by atoms with Crippen LogP contribution in [0, 0.1) is 0 Å². The second kappa shape index (κ2) is 5.10. The zero-order valence-electron chi connectivity index (χ0n) is 9.72. The molecule has 0 aliphatic carbocycles. The molecule has 18 heavy (non-hydrogen) atoms. The smallest absolute Gasteiger partial charge is 0.255 e. The lowest BCUT2D eigenvalue weighted by Crippen LogP contribution is -2.23. The molecule has 5 nitrogen and oxygen atoms in total. The Kier molecular flexibility index (Phi) is 3.53. The second-order valence-electron chi connectivity index (χ2n) is 3.82. The van der Waals surface area contributed by atoms with E-state index in [0.717, 1.165) is 5.69 Å². The topological polar surface area (TPSA) is 67.2 Å². The number of halogens is 1. The molecule has 1 amide bonds. The van der Waals surface area contributed by atoms with Gasteiger partial charge < -0.3 is 10.4 Å². The molecule has 0 bridgehead atoms. The van der Waals surface area contributed by atoms with Gasteiger partial charge in [0.2, 0.25) is 0 Å². The summed E-state index contributed by atoms with van der Waals surface area (Å²) in [5.74, 6) is -0.487. The Balaban J connectivity index is 2.05. The van der Waals surface area contributed by atoms with Gasteiger partial charge in [-0.2, -0.15) is 5.10 Å². The molecule has 94 valence electrons. The molecule has 1 aromatic carbocycles. The summed E-state index contributed by atoms with van der Waals surface area (Å²) in [6.45, 7) is 0.297. The Morgan fingerprint density at radius 3 is 2.94 bits per heavy atom. The van der Waals surface area contributed by atoms with Gasteiger partial charge in [0.25, 0.3) is 5.91 Å². The number of phenolic OH excluding ortho intramolecular Hbond substituents is 1. The molecule has 0 aliphatic rings. The highest BCUT2D eigenvalue weighted by Crippen LogP contribution is 2.21. The molecule has 0 fully saturated rings. The minimum absolute atomic E-state index is 0.0991. The molecule has 1 heterocycles. The fourth-order valence-electron chi connectivity index (χ4n) is 1.51. The van der Waals surface area contributed by atoms with Gasteiger partial charge in [0.1, 0.15) is 5.75 Å². The van der Waals surface area contributed by atoms with Crippen LogP contribution in [0.15, 0.2) is 30.5 Å². The van der Waals surface area contributed by atoms with Crippen molar-refractivity contribution in [2.24, 2.45) is 7.05 Å². The van der Waals surface area contributed by atoms with E-state index in [9.17, 15) is 9.90 Å². The minimum Gasteiger partial charge on any atom is -0.507 e. The minimum atomic E-state index is -0.388. The van der Waals surface area contributed by atoms with E-state index >= 15 is 0 Å². The van der Waals surface area contributed by atoms with Crippen molar-refractivity contribution in [1.82, 2.24) is 15.1 Å². The van der Waals surface area contributed by atoms with Crippen molar-refractivity contribution in [3.8, 4) is 5.75 Å². The summed E-state index contributed by atoms with van der Waals surface area (Å²) < 4.78 is 1.65. The molecule has 6 heteroatoms. The SMILES string of the molecule is Cn1ccc(CNC(=O)c2cc(Cl)ccc2O)n1. The largest absolute Gasteiger partial charge is 0.507 e. The molecule has 2 rings (SSSR count). The quantitative estimate of drug-likeness (QED) is 0.888.